The second-order valence-electron chi connectivity index (χ2n) is 6.65. The third kappa shape index (κ3) is 4.04. The van der Waals surface area contributed by atoms with Crippen LogP contribution in [0.4, 0.5) is 0 Å². The SMILES string of the molecule is CCC(CI)C(=O)OC1CC(C)(C)N([O])C(C)(C)C1. The van der Waals surface area contributed by atoms with Crippen molar-refractivity contribution in [2.75, 3.05) is 4.43 Å². The molecule has 111 valence electrons. The molecule has 0 spiro atoms. The van der Waals surface area contributed by atoms with E-state index in [9.17, 15) is 10.0 Å². The van der Waals surface area contributed by atoms with Gasteiger partial charge in [0.25, 0.3) is 0 Å². The predicted molar refractivity (Wildman–Crippen MR) is 82.5 cm³/mol. The Bertz CT molecular complexity index is 309. The van der Waals surface area contributed by atoms with Crippen molar-refractivity contribution in [3.05, 3.63) is 0 Å². The van der Waals surface area contributed by atoms with Crippen molar-refractivity contribution in [1.29, 1.82) is 0 Å². The number of alkyl halides is 1. The minimum atomic E-state index is -0.487. The summed E-state index contributed by atoms with van der Waals surface area (Å²) < 4.78 is 6.42. The summed E-state index contributed by atoms with van der Waals surface area (Å²) in [6.45, 7) is 9.65. The lowest BCUT2D eigenvalue weighted by Crippen LogP contribution is -2.60. The summed E-state index contributed by atoms with van der Waals surface area (Å²) in [6.07, 6.45) is 1.85. The van der Waals surface area contributed by atoms with Crippen LogP contribution in [0.1, 0.15) is 53.9 Å². The minimum absolute atomic E-state index is 0.0305. The van der Waals surface area contributed by atoms with Gasteiger partial charge < -0.3 is 4.74 Å². The Morgan fingerprint density at radius 2 is 1.79 bits per heavy atom. The first kappa shape index (κ1) is 17.2. The Balaban J connectivity index is 2.73. The van der Waals surface area contributed by atoms with Gasteiger partial charge >= 0.3 is 5.97 Å². The van der Waals surface area contributed by atoms with Crippen LogP contribution < -0.4 is 0 Å². The van der Waals surface area contributed by atoms with E-state index in [1.54, 1.807) is 0 Å². The van der Waals surface area contributed by atoms with Gasteiger partial charge in [-0.25, -0.2) is 0 Å². The fraction of sp³-hybridized carbons (Fsp3) is 0.929. The van der Waals surface area contributed by atoms with Crippen LogP contribution in [0.2, 0.25) is 0 Å². The lowest BCUT2D eigenvalue weighted by molar-refractivity contribution is -0.299. The summed E-state index contributed by atoms with van der Waals surface area (Å²) in [6, 6.07) is 0. The van der Waals surface area contributed by atoms with Crippen molar-refractivity contribution in [1.82, 2.24) is 5.06 Å². The number of hydrogen-bond donors (Lipinski definition) is 0. The van der Waals surface area contributed by atoms with Gasteiger partial charge in [-0.1, -0.05) is 29.5 Å². The molecule has 0 aromatic rings. The largest absolute Gasteiger partial charge is 0.462 e. The molecule has 1 fully saturated rings. The van der Waals surface area contributed by atoms with E-state index in [1.807, 2.05) is 34.6 Å². The van der Waals surface area contributed by atoms with Crippen LogP contribution in [0.3, 0.4) is 0 Å². The van der Waals surface area contributed by atoms with Crippen LogP contribution in [-0.2, 0) is 14.7 Å². The Morgan fingerprint density at radius 1 is 1.32 bits per heavy atom. The first-order chi connectivity index (χ1) is 8.64. The summed E-state index contributed by atoms with van der Waals surface area (Å²) in [5.41, 5.74) is -0.975. The maximum absolute atomic E-state index is 12.2. The molecule has 0 bridgehead atoms. The van der Waals surface area contributed by atoms with E-state index in [0.717, 1.165) is 15.9 Å². The first-order valence-corrected chi connectivity index (χ1v) is 8.40. The molecule has 0 aliphatic carbocycles. The zero-order valence-electron chi connectivity index (χ0n) is 12.5. The van der Waals surface area contributed by atoms with E-state index in [1.165, 1.54) is 0 Å². The van der Waals surface area contributed by atoms with Crippen LogP contribution in [-0.4, -0.2) is 32.6 Å². The van der Waals surface area contributed by atoms with E-state index in [2.05, 4.69) is 22.6 Å². The average molecular weight is 382 g/mol. The van der Waals surface area contributed by atoms with Gasteiger partial charge in [-0.2, -0.15) is 0 Å². The second-order valence-corrected chi connectivity index (χ2v) is 7.53. The number of halogens is 1. The maximum Gasteiger partial charge on any atom is 0.309 e. The van der Waals surface area contributed by atoms with Gasteiger partial charge in [-0.15, -0.1) is 10.3 Å². The van der Waals surface area contributed by atoms with E-state index < -0.39 is 11.1 Å². The summed E-state index contributed by atoms with van der Waals surface area (Å²) in [7, 11) is 0. The molecule has 0 aromatic carbocycles. The van der Waals surface area contributed by atoms with Crippen LogP contribution in [0.25, 0.3) is 0 Å². The van der Waals surface area contributed by atoms with Crippen LogP contribution in [0.15, 0.2) is 0 Å². The Kier molecular flexibility index (Phi) is 5.66. The molecule has 0 aromatic heterocycles. The molecule has 4 nitrogen and oxygen atoms in total. The number of nitrogens with zero attached hydrogens (tertiary/aromatic N) is 1. The monoisotopic (exact) mass is 382 g/mol. The van der Waals surface area contributed by atoms with Gasteiger partial charge in [0.15, 0.2) is 0 Å². The molecule has 1 heterocycles. The van der Waals surface area contributed by atoms with Crippen molar-refractivity contribution in [2.24, 2.45) is 5.92 Å². The normalized spacial score (nSPS) is 25.0. The number of carbonyl (C=O) groups is 1. The smallest absolute Gasteiger partial charge is 0.309 e. The number of rotatable bonds is 4. The molecular formula is C14H25INO3. The van der Waals surface area contributed by atoms with Crippen molar-refractivity contribution >= 4 is 28.6 Å². The molecule has 1 aliphatic rings. The van der Waals surface area contributed by atoms with Crippen molar-refractivity contribution in [3.8, 4) is 0 Å². The average Bonchev–Trinajstić information content (AvgIpc) is 2.26. The third-order valence-corrected chi connectivity index (χ3v) is 4.91. The number of carbonyl (C=O) groups excluding carboxylic acids is 1. The first-order valence-electron chi connectivity index (χ1n) is 6.88. The lowest BCUT2D eigenvalue weighted by atomic mass is 9.80. The Hall–Kier alpha value is 0.120. The Morgan fingerprint density at radius 3 is 2.16 bits per heavy atom. The molecule has 1 radical (unpaired) electrons. The highest BCUT2D eigenvalue weighted by molar-refractivity contribution is 14.1. The summed E-state index contributed by atoms with van der Waals surface area (Å²) >= 11 is 2.22. The van der Waals surface area contributed by atoms with Gasteiger partial charge in [0.1, 0.15) is 6.10 Å². The molecular weight excluding hydrogens is 357 g/mol. The molecule has 1 unspecified atom stereocenters. The van der Waals surface area contributed by atoms with Crippen molar-refractivity contribution in [3.63, 3.8) is 0 Å². The molecule has 0 N–H and O–H groups in total. The molecule has 1 saturated heterocycles. The van der Waals surface area contributed by atoms with Crippen LogP contribution in [0.5, 0.6) is 0 Å². The van der Waals surface area contributed by atoms with E-state index in [0.29, 0.717) is 12.8 Å². The highest BCUT2D eigenvalue weighted by Crippen LogP contribution is 2.38. The third-order valence-electron chi connectivity index (χ3n) is 3.85. The fourth-order valence-corrected chi connectivity index (χ4v) is 3.84. The van der Waals surface area contributed by atoms with Gasteiger partial charge in [0.2, 0.25) is 0 Å². The van der Waals surface area contributed by atoms with E-state index in [-0.39, 0.29) is 18.0 Å². The molecule has 19 heavy (non-hydrogen) atoms. The predicted octanol–water partition coefficient (Wildman–Crippen LogP) is 3.36. The molecule has 0 amide bonds. The number of piperidine rings is 1. The molecule has 1 aliphatic heterocycles. The zero-order valence-corrected chi connectivity index (χ0v) is 14.7. The summed E-state index contributed by atoms with van der Waals surface area (Å²) in [5.74, 6) is -0.148. The minimum Gasteiger partial charge on any atom is -0.462 e. The zero-order chi connectivity index (χ0) is 14.8. The Labute approximate surface area is 130 Å². The molecule has 5 heteroatoms. The summed E-state index contributed by atoms with van der Waals surface area (Å²) in [5, 5.41) is 13.4. The number of esters is 1. The van der Waals surface area contributed by atoms with Gasteiger partial charge in [-0.05, 0) is 34.1 Å². The number of ether oxygens (including phenoxy) is 1. The lowest BCUT2D eigenvalue weighted by Gasteiger charge is -2.49. The fourth-order valence-electron chi connectivity index (χ4n) is 2.85. The van der Waals surface area contributed by atoms with Gasteiger partial charge in [-0.3, -0.25) is 4.79 Å². The van der Waals surface area contributed by atoms with Crippen LogP contribution >= 0.6 is 22.6 Å². The van der Waals surface area contributed by atoms with Crippen molar-refractivity contribution in [2.45, 2.75) is 71.1 Å². The molecule has 1 atom stereocenters. The quantitative estimate of drug-likeness (QED) is 0.426. The highest BCUT2D eigenvalue weighted by Gasteiger charge is 2.47. The van der Waals surface area contributed by atoms with Gasteiger partial charge in [0.05, 0.1) is 5.92 Å². The molecule has 0 saturated carbocycles. The van der Waals surface area contributed by atoms with Crippen LogP contribution in [0, 0.1) is 5.92 Å². The topological polar surface area (TPSA) is 49.4 Å². The van der Waals surface area contributed by atoms with Gasteiger partial charge in [0, 0.05) is 28.3 Å². The number of hydrogen-bond acceptors (Lipinski definition) is 3. The highest BCUT2D eigenvalue weighted by atomic mass is 127. The van der Waals surface area contributed by atoms with E-state index in [4.69, 9.17) is 4.74 Å². The number of hydroxylamine groups is 2. The standard InChI is InChI=1S/C14H25INO3/c1-6-10(9-15)12(17)19-11-7-13(2,3)16(18)14(4,5)8-11/h10-11H,6-9H2,1-5H3. The summed E-state index contributed by atoms with van der Waals surface area (Å²) in [4.78, 5) is 12.1. The van der Waals surface area contributed by atoms with Crippen molar-refractivity contribution < 1.29 is 14.7 Å². The van der Waals surface area contributed by atoms with E-state index >= 15 is 0 Å². The molecule has 1 rings (SSSR count). The second kappa shape index (κ2) is 6.26. The maximum atomic E-state index is 12.2.